The minimum Gasteiger partial charge on any atom is -0.341 e. The smallest absolute Gasteiger partial charge is 0.253 e. The average Bonchev–Trinajstić information content (AvgIpc) is 2.68. The molecule has 2 aromatic carbocycles. The summed E-state index contributed by atoms with van der Waals surface area (Å²) in [4.78, 5) is 28.6. The van der Waals surface area contributed by atoms with Crippen molar-refractivity contribution in [2.24, 2.45) is 5.92 Å². The number of carbonyl (C=O) groups is 2. The van der Waals surface area contributed by atoms with Gasteiger partial charge in [-0.3, -0.25) is 9.59 Å². The van der Waals surface area contributed by atoms with Crippen LogP contribution in [0.3, 0.4) is 0 Å². The average molecular weight is 354 g/mol. The summed E-state index contributed by atoms with van der Waals surface area (Å²) in [6.45, 7) is 1.69. The highest BCUT2D eigenvalue weighted by Crippen LogP contribution is 2.21. The van der Waals surface area contributed by atoms with Crippen LogP contribution in [0.4, 0.5) is 4.39 Å². The summed E-state index contributed by atoms with van der Waals surface area (Å²) >= 11 is 0. The molecule has 136 valence electrons. The molecule has 2 aromatic rings. The van der Waals surface area contributed by atoms with Crippen LogP contribution in [-0.4, -0.2) is 41.8 Å². The van der Waals surface area contributed by atoms with Crippen LogP contribution < -0.4 is 0 Å². The highest BCUT2D eigenvalue weighted by molar-refractivity contribution is 5.94. The van der Waals surface area contributed by atoms with Crippen LogP contribution in [-0.2, 0) is 11.3 Å². The van der Waals surface area contributed by atoms with Gasteiger partial charge in [-0.1, -0.05) is 30.3 Å². The topological polar surface area (TPSA) is 40.6 Å². The van der Waals surface area contributed by atoms with Crippen LogP contribution in [0, 0.1) is 11.7 Å². The van der Waals surface area contributed by atoms with Gasteiger partial charge in [0.15, 0.2) is 0 Å². The summed E-state index contributed by atoms with van der Waals surface area (Å²) in [7, 11) is 1.82. The van der Waals surface area contributed by atoms with Gasteiger partial charge in [0.05, 0.1) is 0 Å². The van der Waals surface area contributed by atoms with Crippen molar-refractivity contribution in [3.05, 3.63) is 71.5 Å². The van der Waals surface area contributed by atoms with E-state index in [9.17, 15) is 14.0 Å². The number of carbonyl (C=O) groups excluding carboxylic acids is 2. The van der Waals surface area contributed by atoms with Gasteiger partial charge in [0.1, 0.15) is 5.82 Å². The van der Waals surface area contributed by atoms with Gasteiger partial charge >= 0.3 is 0 Å². The number of nitrogens with zero attached hydrogens (tertiary/aromatic N) is 2. The predicted molar refractivity (Wildman–Crippen MR) is 97.9 cm³/mol. The van der Waals surface area contributed by atoms with Crippen molar-refractivity contribution in [2.75, 3.05) is 20.1 Å². The Morgan fingerprint density at radius 3 is 2.27 bits per heavy atom. The first-order valence-electron chi connectivity index (χ1n) is 8.88. The van der Waals surface area contributed by atoms with Crippen molar-refractivity contribution >= 4 is 11.8 Å². The Bertz CT molecular complexity index is 753. The highest BCUT2D eigenvalue weighted by atomic mass is 19.1. The third-order valence-electron chi connectivity index (χ3n) is 4.86. The number of benzene rings is 2. The van der Waals surface area contributed by atoms with E-state index < -0.39 is 0 Å². The summed E-state index contributed by atoms with van der Waals surface area (Å²) in [5.74, 6) is -0.385. The lowest BCUT2D eigenvalue weighted by atomic mass is 9.94. The van der Waals surface area contributed by atoms with Crippen LogP contribution in [0.25, 0.3) is 0 Å². The highest BCUT2D eigenvalue weighted by Gasteiger charge is 2.29. The summed E-state index contributed by atoms with van der Waals surface area (Å²) in [5, 5.41) is 0. The van der Waals surface area contributed by atoms with Gasteiger partial charge in [-0.25, -0.2) is 4.39 Å². The van der Waals surface area contributed by atoms with E-state index in [1.807, 2.05) is 37.4 Å². The van der Waals surface area contributed by atoms with E-state index in [0.29, 0.717) is 38.0 Å². The summed E-state index contributed by atoms with van der Waals surface area (Å²) in [5.41, 5.74) is 1.59. The van der Waals surface area contributed by atoms with E-state index in [-0.39, 0.29) is 23.5 Å². The minimum atomic E-state index is -0.354. The first-order chi connectivity index (χ1) is 12.5. The second kappa shape index (κ2) is 8.13. The molecule has 0 unspecified atom stereocenters. The van der Waals surface area contributed by atoms with Crippen LogP contribution in [0.5, 0.6) is 0 Å². The normalized spacial score (nSPS) is 14.9. The predicted octanol–water partition coefficient (Wildman–Crippen LogP) is 3.34. The molecule has 1 aliphatic rings. The van der Waals surface area contributed by atoms with Crippen LogP contribution in [0.2, 0.25) is 0 Å². The number of hydrogen-bond donors (Lipinski definition) is 0. The number of likely N-dealkylation sites (tertiary alicyclic amines) is 1. The fourth-order valence-corrected chi connectivity index (χ4v) is 3.35. The van der Waals surface area contributed by atoms with Crippen molar-refractivity contribution in [3.8, 4) is 0 Å². The van der Waals surface area contributed by atoms with Gasteiger partial charge in [-0.15, -0.1) is 0 Å². The third kappa shape index (κ3) is 4.28. The zero-order valence-electron chi connectivity index (χ0n) is 14.9. The summed E-state index contributed by atoms with van der Waals surface area (Å²) < 4.78 is 13.0. The second-order valence-electron chi connectivity index (χ2n) is 6.75. The summed E-state index contributed by atoms with van der Waals surface area (Å²) in [6, 6.07) is 15.5. The zero-order chi connectivity index (χ0) is 18.5. The van der Waals surface area contributed by atoms with Crippen molar-refractivity contribution in [1.82, 2.24) is 9.80 Å². The largest absolute Gasteiger partial charge is 0.341 e. The first kappa shape index (κ1) is 18.1. The monoisotopic (exact) mass is 354 g/mol. The van der Waals surface area contributed by atoms with E-state index in [4.69, 9.17) is 0 Å². The van der Waals surface area contributed by atoms with Crippen LogP contribution in [0.1, 0.15) is 28.8 Å². The fraction of sp³-hybridized carbons (Fsp3) is 0.333. The van der Waals surface area contributed by atoms with E-state index in [1.54, 1.807) is 9.80 Å². The maximum Gasteiger partial charge on any atom is 0.253 e. The van der Waals surface area contributed by atoms with Crippen LogP contribution >= 0.6 is 0 Å². The Labute approximate surface area is 153 Å². The molecule has 5 heteroatoms. The van der Waals surface area contributed by atoms with Gasteiger partial charge in [-0.2, -0.15) is 0 Å². The Morgan fingerprint density at radius 1 is 1.04 bits per heavy atom. The fourth-order valence-electron chi connectivity index (χ4n) is 3.35. The van der Waals surface area contributed by atoms with E-state index in [1.165, 1.54) is 24.3 Å². The van der Waals surface area contributed by atoms with E-state index in [2.05, 4.69) is 0 Å². The van der Waals surface area contributed by atoms with Crippen molar-refractivity contribution < 1.29 is 14.0 Å². The standard InChI is InChI=1S/C21H23FN2O2/c1-23(15-16-5-3-2-4-6-16)20(25)18-11-13-24(14-12-18)21(26)17-7-9-19(22)10-8-17/h2-10,18H,11-15H2,1H3. The Morgan fingerprint density at radius 2 is 1.65 bits per heavy atom. The maximum atomic E-state index is 13.0. The number of halogens is 1. The van der Waals surface area contributed by atoms with E-state index >= 15 is 0 Å². The molecule has 0 radical (unpaired) electrons. The first-order valence-corrected chi connectivity index (χ1v) is 8.88. The molecule has 0 saturated carbocycles. The van der Waals surface area contributed by atoms with Crippen molar-refractivity contribution in [2.45, 2.75) is 19.4 Å². The number of piperidine rings is 1. The lowest BCUT2D eigenvalue weighted by molar-refractivity contribution is -0.136. The van der Waals surface area contributed by atoms with E-state index in [0.717, 1.165) is 5.56 Å². The van der Waals surface area contributed by atoms with Gasteiger partial charge in [0.25, 0.3) is 5.91 Å². The molecule has 0 atom stereocenters. The lowest BCUT2D eigenvalue weighted by Crippen LogP contribution is -2.43. The van der Waals surface area contributed by atoms with Gasteiger partial charge in [-0.05, 0) is 42.7 Å². The molecule has 26 heavy (non-hydrogen) atoms. The number of hydrogen-bond acceptors (Lipinski definition) is 2. The SMILES string of the molecule is CN(Cc1ccccc1)C(=O)C1CCN(C(=O)c2ccc(F)cc2)CC1. The molecule has 2 amide bonds. The summed E-state index contributed by atoms with van der Waals surface area (Å²) in [6.07, 6.45) is 1.32. The zero-order valence-corrected chi connectivity index (χ0v) is 14.9. The number of rotatable bonds is 4. The molecule has 0 bridgehead atoms. The molecule has 3 rings (SSSR count). The maximum absolute atomic E-state index is 13.0. The molecule has 1 heterocycles. The van der Waals surface area contributed by atoms with Crippen molar-refractivity contribution in [3.63, 3.8) is 0 Å². The Hall–Kier alpha value is -2.69. The molecule has 1 fully saturated rings. The van der Waals surface area contributed by atoms with Crippen LogP contribution in [0.15, 0.2) is 54.6 Å². The molecular formula is C21H23FN2O2. The Balaban J connectivity index is 1.53. The van der Waals surface area contributed by atoms with Gasteiger partial charge in [0.2, 0.25) is 5.91 Å². The third-order valence-corrected chi connectivity index (χ3v) is 4.86. The molecule has 0 aliphatic carbocycles. The Kier molecular flexibility index (Phi) is 5.66. The quantitative estimate of drug-likeness (QED) is 0.845. The number of amides is 2. The minimum absolute atomic E-state index is 0.0546. The van der Waals surface area contributed by atoms with Gasteiger partial charge in [0, 0.05) is 38.2 Å². The molecule has 1 aliphatic heterocycles. The molecule has 4 nitrogen and oxygen atoms in total. The molecule has 0 N–H and O–H groups in total. The molecule has 0 spiro atoms. The molecular weight excluding hydrogens is 331 g/mol. The molecule has 0 aromatic heterocycles. The van der Waals surface area contributed by atoms with Gasteiger partial charge < -0.3 is 9.80 Å². The second-order valence-corrected chi connectivity index (χ2v) is 6.75. The molecule has 1 saturated heterocycles. The lowest BCUT2D eigenvalue weighted by Gasteiger charge is -2.33. The van der Waals surface area contributed by atoms with Crippen molar-refractivity contribution in [1.29, 1.82) is 0 Å².